The van der Waals surface area contributed by atoms with Gasteiger partial charge in [0.1, 0.15) is 5.82 Å². The molecule has 6 nitrogen and oxygen atoms in total. The van der Waals surface area contributed by atoms with Gasteiger partial charge in [-0.3, -0.25) is 9.59 Å². The number of carbonyl (C=O) groups excluding carboxylic acids is 3. The van der Waals surface area contributed by atoms with Gasteiger partial charge in [-0.25, -0.2) is 14.1 Å². The number of amides is 3. The van der Waals surface area contributed by atoms with Crippen molar-refractivity contribution >= 4 is 17.9 Å². The summed E-state index contributed by atoms with van der Waals surface area (Å²) >= 11 is 0. The molecule has 2 aromatic carbocycles. The first-order chi connectivity index (χ1) is 12.1. The molecule has 3 rings (SSSR count). The van der Waals surface area contributed by atoms with Crippen LogP contribution in [0.5, 0.6) is 0 Å². The molecule has 0 saturated carbocycles. The van der Waals surface area contributed by atoms with Gasteiger partial charge < -0.3 is 10.1 Å². The van der Waals surface area contributed by atoms with Gasteiger partial charge in [-0.2, -0.15) is 0 Å². The first-order valence-corrected chi connectivity index (χ1v) is 7.63. The SMILES string of the molecule is O=C(N[C@@H](CN1C(=O)COC1=O)c1ccccc1)c1ccccc1F. The van der Waals surface area contributed by atoms with E-state index in [0.717, 1.165) is 4.90 Å². The molecule has 1 atom stereocenters. The molecular weight excluding hydrogens is 327 g/mol. The minimum atomic E-state index is -0.758. The highest BCUT2D eigenvalue weighted by Gasteiger charge is 2.34. The Morgan fingerprint density at radius 3 is 2.44 bits per heavy atom. The van der Waals surface area contributed by atoms with Crippen molar-refractivity contribution in [1.82, 2.24) is 10.2 Å². The van der Waals surface area contributed by atoms with E-state index in [1.165, 1.54) is 18.2 Å². The highest BCUT2D eigenvalue weighted by atomic mass is 19.1. The topological polar surface area (TPSA) is 75.7 Å². The number of rotatable bonds is 5. The summed E-state index contributed by atoms with van der Waals surface area (Å²) in [4.78, 5) is 36.8. The Morgan fingerprint density at radius 1 is 1.12 bits per heavy atom. The van der Waals surface area contributed by atoms with Gasteiger partial charge in [-0.05, 0) is 17.7 Å². The summed E-state index contributed by atoms with van der Waals surface area (Å²) < 4.78 is 18.5. The Hall–Kier alpha value is -3.22. The van der Waals surface area contributed by atoms with Crippen molar-refractivity contribution in [3.05, 3.63) is 71.5 Å². The summed E-state index contributed by atoms with van der Waals surface area (Å²) in [6, 6.07) is 13.7. The summed E-state index contributed by atoms with van der Waals surface area (Å²) in [5.41, 5.74) is 0.568. The molecule has 25 heavy (non-hydrogen) atoms. The molecular formula is C18H15FN2O4. The van der Waals surface area contributed by atoms with E-state index >= 15 is 0 Å². The van der Waals surface area contributed by atoms with Crippen LogP contribution in [0.3, 0.4) is 0 Å². The fourth-order valence-corrected chi connectivity index (χ4v) is 2.54. The van der Waals surface area contributed by atoms with Crippen molar-refractivity contribution in [3.63, 3.8) is 0 Å². The van der Waals surface area contributed by atoms with Crippen LogP contribution in [0.15, 0.2) is 54.6 Å². The number of imide groups is 1. The Labute approximate surface area is 143 Å². The second-order valence-corrected chi connectivity index (χ2v) is 5.48. The molecule has 2 aromatic rings. The molecule has 7 heteroatoms. The van der Waals surface area contributed by atoms with E-state index < -0.39 is 29.8 Å². The van der Waals surface area contributed by atoms with Gasteiger partial charge in [0.15, 0.2) is 6.61 Å². The number of ether oxygens (including phenoxy) is 1. The first-order valence-electron chi connectivity index (χ1n) is 7.63. The fourth-order valence-electron chi connectivity index (χ4n) is 2.54. The van der Waals surface area contributed by atoms with Crippen molar-refractivity contribution in [3.8, 4) is 0 Å². The van der Waals surface area contributed by atoms with Crippen LogP contribution < -0.4 is 5.32 Å². The summed E-state index contributed by atoms with van der Waals surface area (Å²) in [5, 5.41) is 2.68. The van der Waals surface area contributed by atoms with Crippen LogP contribution in [0.2, 0.25) is 0 Å². The van der Waals surface area contributed by atoms with Crippen LogP contribution >= 0.6 is 0 Å². The summed E-state index contributed by atoms with van der Waals surface area (Å²) in [7, 11) is 0. The number of hydrogen-bond donors (Lipinski definition) is 1. The molecule has 0 radical (unpaired) electrons. The lowest BCUT2D eigenvalue weighted by Crippen LogP contribution is -2.40. The third-order valence-corrected chi connectivity index (χ3v) is 3.83. The van der Waals surface area contributed by atoms with Crippen molar-refractivity contribution < 1.29 is 23.5 Å². The van der Waals surface area contributed by atoms with Crippen LogP contribution in [0, 0.1) is 5.82 Å². The summed E-state index contributed by atoms with van der Waals surface area (Å²) in [6.45, 7) is -0.413. The zero-order valence-corrected chi connectivity index (χ0v) is 13.1. The Kier molecular flexibility index (Phi) is 4.74. The van der Waals surface area contributed by atoms with Gasteiger partial charge in [0.25, 0.3) is 11.8 Å². The molecule has 3 amide bonds. The van der Waals surface area contributed by atoms with E-state index in [-0.39, 0.29) is 18.7 Å². The lowest BCUT2D eigenvalue weighted by Gasteiger charge is -2.23. The van der Waals surface area contributed by atoms with Crippen molar-refractivity contribution in [1.29, 1.82) is 0 Å². The van der Waals surface area contributed by atoms with E-state index in [1.54, 1.807) is 36.4 Å². The Morgan fingerprint density at radius 2 is 1.80 bits per heavy atom. The van der Waals surface area contributed by atoms with Gasteiger partial charge in [-0.15, -0.1) is 0 Å². The lowest BCUT2D eigenvalue weighted by molar-refractivity contribution is -0.126. The smallest absolute Gasteiger partial charge is 0.417 e. The number of nitrogens with zero attached hydrogens (tertiary/aromatic N) is 1. The molecule has 0 spiro atoms. The van der Waals surface area contributed by atoms with E-state index in [1.807, 2.05) is 0 Å². The number of halogens is 1. The molecule has 0 aliphatic carbocycles. The van der Waals surface area contributed by atoms with E-state index in [4.69, 9.17) is 0 Å². The lowest BCUT2D eigenvalue weighted by atomic mass is 10.1. The van der Waals surface area contributed by atoms with Gasteiger partial charge in [0.05, 0.1) is 18.2 Å². The zero-order valence-electron chi connectivity index (χ0n) is 13.1. The second kappa shape index (κ2) is 7.12. The number of nitrogens with one attached hydrogen (secondary N) is 1. The average Bonchev–Trinajstić information content (AvgIpc) is 2.94. The summed E-state index contributed by atoms with van der Waals surface area (Å²) in [6.07, 6.45) is -0.758. The van der Waals surface area contributed by atoms with Crippen LogP contribution in [0.4, 0.5) is 9.18 Å². The average molecular weight is 342 g/mol. The van der Waals surface area contributed by atoms with E-state index in [2.05, 4.69) is 10.1 Å². The highest BCUT2D eigenvalue weighted by molar-refractivity contribution is 5.98. The molecule has 128 valence electrons. The maximum absolute atomic E-state index is 13.8. The minimum absolute atomic E-state index is 0.0954. The molecule has 0 aromatic heterocycles. The molecule has 0 bridgehead atoms. The largest absolute Gasteiger partial charge is 0.439 e. The van der Waals surface area contributed by atoms with Crippen LogP contribution in [-0.2, 0) is 9.53 Å². The molecule has 1 aliphatic heterocycles. The van der Waals surface area contributed by atoms with Crippen LogP contribution in [0.1, 0.15) is 22.0 Å². The van der Waals surface area contributed by atoms with Gasteiger partial charge in [-0.1, -0.05) is 42.5 Å². The number of benzene rings is 2. The third kappa shape index (κ3) is 3.65. The van der Waals surface area contributed by atoms with Gasteiger partial charge >= 0.3 is 6.09 Å². The Balaban J connectivity index is 1.84. The van der Waals surface area contributed by atoms with Crippen molar-refractivity contribution in [2.24, 2.45) is 0 Å². The first kappa shape index (κ1) is 16.6. The number of cyclic esters (lactones) is 1. The fraction of sp³-hybridized carbons (Fsp3) is 0.167. The molecule has 1 saturated heterocycles. The molecule has 1 fully saturated rings. The monoisotopic (exact) mass is 342 g/mol. The third-order valence-electron chi connectivity index (χ3n) is 3.83. The summed E-state index contributed by atoms with van der Waals surface area (Å²) in [5.74, 6) is -1.76. The van der Waals surface area contributed by atoms with Gasteiger partial charge in [0, 0.05) is 0 Å². The van der Waals surface area contributed by atoms with Crippen molar-refractivity contribution in [2.45, 2.75) is 6.04 Å². The van der Waals surface area contributed by atoms with Gasteiger partial charge in [0.2, 0.25) is 0 Å². The van der Waals surface area contributed by atoms with Crippen molar-refractivity contribution in [2.75, 3.05) is 13.2 Å². The normalized spacial score (nSPS) is 15.0. The highest BCUT2D eigenvalue weighted by Crippen LogP contribution is 2.18. The minimum Gasteiger partial charge on any atom is -0.439 e. The quantitative estimate of drug-likeness (QED) is 0.904. The van der Waals surface area contributed by atoms with Crippen LogP contribution in [0.25, 0.3) is 0 Å². The number of carbonyl (C=O) groups is 3. The van der Waals surface area contributed by atoms with Crippen LogP contribution in [-0.4, -0.2) is 36.0 Å². The van der Waals surface area contributed by atoms with E-state index in [9.17, 15) is 18.8 Å². The predicted octanol–water partition coefficient (Wildman–Crippen LogP) is 2.28. The zero-order chi connectivity index (χ0) is 17.8. The number of hydrogen-bond acceptors (Lipinski definition) is 4. The second-order valence-electron chi connectivity index (χ2n) is 5.48. The molecule has 1 aliphatic rings. The Bertz CT molecular complexity index is 794. The molecule has 1 heterocycles. The molecule has 1 N–H and O–H groups in total. The molecule has 0 unspecified atom stereocenters. The maximum atomic E-state index is 13.8. The van der Waals surface area contributed by atoms with E-state index in [0.29, 0.717) is 5.56 Å². The standard InChI is InChI=1S/C18H15FN2O4/c19-14-9-5-4-8-13(14)17(23)20-15(12-6-2-1-3-7-12)10-21-16(22)11-25-18(21)24/h1-9,15H,10-11H2,(H,20,23)/t15-/m0/s1. The predicted molar refractivity (Wildman–Crippen MR) is 86.1 cm³/mol. The maximum Gasteiger partial charge on any atom is 0.417 e.